The molecule has 3 heterocycles. The number of nitriles is 1. The van der Waals surface area contributed by atoms with Gasteiger partial charge in [0.2, 0.25) is 0 Å². The Morgan fingerprint density at radius 3 is 2.51 bits per heavy atom. The van der Waals surface area contributed by atoms with Crippen molar-refractivity contribution in [3.8, 4) is 6.07 Å². The molecule has 198 valence electrons. The number of nitrogens with zero attached hydrogens (tertiary/aromatic N) is 3. The number of rotatable bonds is 5. The number of carbonyl (C=O) groups excluding carboxylic acids is 1. The van der Waals surface area contributed by atoms with Gasteiger partial charge in [-0.3, -0.25) is 13.7 Å². The molecule has 1 aliphatic heterocycles. The molecule has 0 spiro atoms. The van der Waals surface area contributed by atoms with Gasteiger partial charge >= 0.3 is 5.97 Å². The highest BCUT2D eigenvalue weighted by Crippen LogP contribution is 2.31. The number of ether oxygens (including phenoxy) is 2. The Morgan fingerprint density at radius 1 is 1.30 bits per heavy atom. The molecule has 1 fully saturated rings. The maximum Gasteiger partial charge on any atom is 0.335 e. The first kappa shape index (κ1) is 28.1. The van der Waals surface area contributed by atoms with Gasteiger partial charge in [-0.2, -0.15) is 10.4 Å². The van der Waals surface area contributed by atoms with Crippen molar-refractivity contribution < 1.29 is 18.5 Å². The van der Waals surface area contributed by atoms with E-state index in [-0.39, 0.29) is 24.2 Å². The summed E-state index contributed by atoms with van der Waals surface area (Å²) in [7, 11) is -1.07. The number of carbonyl (C=O) groups is 1. The summed E-state index contributed by atoms with van der Waals surface area (Å²) in [6.45, 7) is 7.58. The van der Waals surface area contributed by atoms with Crippen LogP contribution in [0.4, 0.5) is 11.5 Å². The highest BCUT2D eigenvalue weighted by Gasteiger charge is 2.32. The molecule has 10 nitrogen and oxygen atoms in total. The molecule has 2 aromatic heterocycles. The van der Waals surface area contributed by atoms with Crippen LogP contribution in [0, 0.1) is 11.3 Å². The average Bonchev–Trinajstić information content (AvgIpc) is 3.23. The lowest BCUT2D eigenvalue weighted by molar-refractivity contribution is -0.172. The fourth-order valence-electron chi connectivity index (χ4n) is 3.82. The van der Waals surface area contributed by atoms with Gasteiger partial charge in [0, 0.05) is 40.3 Å². The number of benzene rings is 1. The first-order valence-electron chi connectivity index (χ1n) is 12.1. The molecular weight excluding hydrogens is 494 g/mol. The molecule has 0 amide bonds. The Bertz CT molecular complexity index is 1340. The molecule has 0 saturated carbocycles. The number of pyridine rings is 1. The molecule has 0 aliphatic carbocycles. The van der Waals surface area contributed by atoms with E-state index in [1.54, 1.807) is 47.5 Å². The van der Waals surface area contributed by atoms with Crippen LogP contribution in [0.15, 0.2) is 46.2 Å². The molecule has 3 aromatic rings. The summed E-state index contributed by atoms with van der Waals surface area (Å²) in [6.07, 6.45) is 4.39. The number of aromatic amines is 1. The summed E-state index contributed by atoms with van der Waals surface area (Å²) >= 11 is 0. The largest absolute Gasteiger partial charge is 0.458 e. The van der Waals surface area contributed by atoms with Crippen LogP contribution in [0.25, 0.3) is 10.9 Å². The third-order valence-corrected chi connectivity index (χ3v) is 6.44. The van der Waals surface area contributed by atoms with E-state index in [2.05, 4.69) is 15.4 Å². The molecule has 11 heteroatoms. The third kappa shape index (κ3) is 7.27. The molecule has 1 saturated heterocycles. The quantitative estimate of drug-likeness (QED) is 0.471. The zero-order valence-corrected chi connectivity index (χ0v) is 22.6. The van der Waals surface area contributed by atoms with E-state index in [0.29, 0.717) is 40.9 Å². The fourth-order valence-corrected chi connectivity index (χ4v) is 4.34. The van der Waals surface area contributed by atoms with Gasteiger partial charge < -0.3 is 19.8 Å². The number of hydrogen-bond acceptors (Lipinski definition) is 8. The minimum Gasteiger partial charge on any atom is -0.458 e. The minimum absolute atomic E-state index is 0.131. The smallest absolute Gasteiger partial charge is 0.335 e. The molecule has 2 N–H and O–H groups in total. The molecule has 1 aromatic carbocycles. The van der Waals surface area contributed by atoms with Gasteiger partial charge in [0.15, 0.2) is 11.9 Å². The highest BCUT2D eigenvalue weighted by molar-refractivity contribution is 7.84. The number of aromatic nitrogens is 3. The van der Waals surface area contributed by atoms with Crippen LogP contribution in [-0.2, 0) is 25.1 Å². The SMILES string of the molecule is CCC#N.CS(=O)c1ccc(Nc2nn([C@H]3CC[C@H](C(=O)OC(C)(C)C)OC3)c3cc[nH]c(=O)c23)cc1. The van der Waals surface area contributed by atoms with Crippen LogP contribution < -0.4 is 10.9 Å². The summed E-state index contributed by atoms with van der Waals surface area (Å²) in [5.74, 6) is 0.0630. The van der Waals surface area contributed by atoms with Crippen LogP contribution in [0.3, 0.4) is 0 Å². The van der Waals surface area contributed by atoms with E-state index in [9.17, 15) is 13.8 Å². The van der Waals surface area contributed by atoms with Crippen LogP contribution in [0.2, 0.25) is 0 Å². The predicted molar refractivity (Wildman–Crippen MR) is 142 cm³/mol. The number of fused-ring (bicyclic) bond motifs is 1. The van der Waals surface area contributed by atoms with Crippen LogP contribution in [0.1, 0.15) is 53.0 Å². The Labute approximate surface area is 218 Å². The maximum absolute atomic E-state index is 12.6. The Balaban J connectivity index is 0.000000886. The minimum atomic E-state index is -1.07. The topological polar surface area (TPSA) is 139 Å². The molecule has 4 rings (SSSR count). The number of H-pyrrole nitrogens is 1. The first-order valence-corrected chi connectivity index (χ1v) is 13.6. The summed E-state index contributed by atoms with van der Waals surface area (Å²) in [5, 5.41) is 16.0. The lowest BCUT2D eigenvalue weighted by atomic mass is 10.0. The second kappa shape index (κ2) is 12.2. The Hall–Kier alpha value is -3.49. The molecule has 0 radical (unpaired) electrons. The van der Waals surface area contributed by atoms with E-state index in [0.717, 1.165) is 5.69 Å². The summed E-state index contributed by atoms with van der Waals surface area (Å²) in [6, 6.07) is 10.7. The standard InChI is InChI=1S/C23H28N4O5S.C3H5N/c1-23(2,3)32-22(29)18-10-7-15(13-31-18)27-17-11-12-24-21(28)19(17)20(26-27)25-14-5-8-16(9-6-14)33(4)30;1-2-3-4/h5-6,8-9,11-12,15,18H,7,10,13H2,1-4H3,(H,24,28)(H,25,26);2H2,1H3/t15-,18+,33?;/m0./s1. The van der Waals surface area contributed by atoms with Gasteiger partial charge in [-0.25, -0.2) is 4.79 Å². The van der Waals surface area contributed by atoms with Crippen molar-refractivity contribution in [1.82, 2.24) is 14.8 Å². The van der Waals surface area contributed by atoms with Crippen molar-refractivity contribution in [3.05, 3.63) is 46.9 Å². The first-order chi connectivity index (χ1) is 17.5. The molecule has 1 unspecified atom stereocenters. The molecule has 37 heavy (non-hydrogen) atoms. The number of nitrogens with one attached hydrogen (secondary N) is 2. The lowest BCUT2D eigenvalue weighted by Gasteiger charge is -2.30. The zero-order chi connectivity index (χ0) is 27.2. The summed E-state index contributed by atoms with van der Waals surface area (Å²) < 4.78 is 24.7. The molecule has 0 bridgehead atoms. The number of hydrogen-bond donors (Lipinski definition) is 2. The third-order valence-electron chi connectivity index (χ3n) is 5.50. The van der Waals surface area contributed by atoms with Crippen molar-refractivity contribution in [2.45, 2.75) is 69.6 Å². The van der Waals surface area contributed by atoms with E-state index in [1.807, 2.05) is 33.8 Å². The normalized spacial score (nSPS) is 18.3. The van der Waals surface area contributed by atoms with Crippen molar-refractivity contribution in [3.63, 3.8) is 0 Å². The number of esters is 1. The maximum atomic E-state index is 12.6. The van der Waals surface area contributed by atoms with E-state index in [4.69, 9.17) is 14.7 Å². The van der Waals surface area contributed by atoms with Crippen LogP contribution >= 0.6 is 0 Å². The van der Waals surface area contributed by atoms with Crippen molar-refractivity contribution >= 4 is 39.2 Å². The lowest BCUT2D eigenvalue weighted by Crippen LogP contribution is -2.38. The van der Waals surface area contributed by atoms with Gasteiger partial charge in [-0.1, -0.05) is 6.92 Å². The van der Waals surface area contributed by atoms with Gasteiger partial charge in [-0.15, -0.1) is 0 Å². The zero-order valence-electron chi connectivity index (χ0n) is 21.7. The molecule has 3 atom stereocenters. The second-order valence-corrected chi connectivity index (χ2v) is 10.9. The number of anilines is 2. The average molecular weight is 528 g/mol. The van der Waals surface area contributed by atoms with Gasteiger partial charge in [0.1, 0.15) is 11.0 Å². The van der Waals surface area contributed by atoms with Crippen molar-refractivity contribution in [1.29, 1.82) is 5.26 Å². The summed E-state index contributed by atoms with van der Waals surface area (Å²) in [5.41, 5.74) is 0.582. The van der Waals surface area contributed by atoms with Gasteiger partial charge in [-0.05, 0) is 63.9 Å². The van der Waals surface area contributed by atoms with Gasteiger partial charge in [0.25, 0.3) is 5.56 Å². The molecule has 1 aliphatic rings. The Kier molecular flexibility index (Phi) is 9.23. The molecular formula is C26H33N5O5S. The second-order valence-electron chi connectivity index (χ2n) is 9.56. The van der Waals surface area contributed by atoms with E-state index < -0.39 is 22.5 Å². The van der Waals surface area contributed by atoms with E-state index >= 15 is 0 Å². The van der Waals surface area contributed by atoms with Crippen molar-refractivity contribution in [2.75, 3.05) is 18.2 Å². The van der Waals surface area contributed by atoms with Crippen LogP contribution in [0.5, 0.6) is 0 Å². The summed E-state index contributed by atoms with van der Waals surface area (Å²) in [4.78, 5) is 28.4. The van der Waals surface area contributed by atoms with Gasteiger partial charge in [0.05, 0.1) is 24.2 Å². The van der Waals surface area contributed by atoms with Crippen LogP contribution in [-0.4, -0.2) is 49.5 Å². The fraction of sp³-hybridized carbons (Fsp3) is 0.462. The van der Waals surface area contributed by atoms with Crippen molar-refractivity contribution in [2.24, 2.45) is 0 Å². The Morgan fingerprint density at radius 2 is 1.97 bits per heavy atom. The van der Waals surface area contributed by atoms with E-state index in [1.165, 1.54) is 0 Å². The predicted octanol–water partition coefficient (Wildman–Crippen LogP) is 4.19. The highest BCUT2D eigenvalue weighted by atomic mass is 32.2. The monoisotopic (exact) mass is 527 g/mol.